The van der Waals surface area contributed by atoms with Crippen LogP contribution in [0.25, 0.3) is 0 Å². The van der Waals surface area contributed by atoms with Crippen LogP contribution in [0.5, 0.6) is 0 Å². The third-order valence-corrected chi connectivity index (χ3v) is 3.79. The number of thiazole rings is 1. The van der Waals surface area contributed by atoms with Crippen molar-refractivity contribution in [3.05, 3.63) is 38.7 Å². The Morgan fingerprint density at radius 2 is 2.40 bits per heavy atom. The maximum Gasteiger partial charge on any atom is 0.309 e. The van der Waals surface area contributed by atoms with E-state index in [-0.39, 0.29) is 6.42 Å². The molecule has 106 valence electrons. The molecule has 8 heteroatoms. The van der Waals surface area contributed by atoms with Crippen molar-refractivity contribution in [2.24, 2.45) is 4.99 Å². The van der Waals surface area contributed by atoms with Crippen LogP contribution in [0, 0.1) is 0 Å². The summed E-state index contributed by atoms with van der Waals surface area (Å²) < 4.78 is 7.85. The lowest BCUT2D eigenvalue weighted by Crippen LogP contribution is -2.14. The van der Waals surface area contributed by atoms with E-state index in [0.29, 0.717) is 18.2 Å². The molecule has 0 spiro atoms. The van der Waals surface area contributed by atoms with Gasteiger partial charge in [0, 0.05) is 13.3 Å². The smallest absolute Gasteiger partial charge is 0.309 e. The van der Waals surface area contributed by atoms with Crippen molar-refractivity contribution in [3.8, 4) is 0 Å². The van der Waals surface area contributed by atoms with E-state index < -0.39 is 5.97 Å². The summed E-state index contributed by atoms with van der Waals surface area (Å²) in [5, 5.41) is 8.77. The van der Waals surface area contributed by atoms with Crippen LogP contribution in [0.4, 0.5) is 5.82 Å². The number of nitrogens with zero attached hydrogens (tertiary/aromatic N) is 3. The number of halogens is 1. The van der Waals surface area contributed by atoms with Gasteiger partial charge in [-0.3, -0.25) is 9.36 Å². The number of hydrogen-bond donors (Lipinski definition) is 1. The lowest BCUT2D eigenvalue weighted by molar-refractivity contribution is -0.136. The standard InChI is InChI=1S/C12H12BrN3O3S/c1-19-7-16-6-9(13)20-12(16)15-10-4-2-3-8(14-10)5-11(17)18/h2-4,6H,5,7H2,1H3,(H,17,18). The molecule has 0 radical (unpaired) electrons. The second-order valence-corrected chi connectivity index (χ2v) is 6.26. The quantitative estimate of drug-likeness (QED) is 0.889. The molecular formula is C12H12BrN3O3S. The Morgan fingerprint density at radius 1 is 1.60 bits per heavy atom. The van der Waals surface area contributed by atoms with Gasteiger partial charge in [0.05, 0.1) is 15.9 Å². The Morgan fingerprint density at radius 3 is 3.10 bits per heavy atom. The van der Waals surface area contributed by atoms with Crippen LogP contribution in [0.3, 0.4) is 0 Å². The zero-order chi connectivity index (χ0) is 14.5. The van der Waals surface area contributed by atoms with E-state index in [2.05, 4.69) is 25.9 Å². The van der Waals surface area contributed by atoms with Crippen LogP contribution in [0.2, 0.25) is 0 Å². The molecule has 0 saturated carbocycles. The van der Waals surface area contributed by atoms with E-state index in [9.17, 15) is 4.79 Å². The zero-order valence-electron chi connectivity index (χ0n) is 10.6. The van der Waals surface area contributed by atoms with Gasteiger partial charge in [-0.05, 0) is 28.1 Å². The van der Waals surface area contributed by atoms with Gasteiger partial charge in [-0.2, -0.15) is 0 Å². The topological polar surface area (TPSA) is 76.7 Å². The van der Waals surface area contributed by atoms with E-state index >= 15 is 0 Å². The van der Waals surface area contributed by atoms with E-state index in [1.54, 1.807) is 25.3 Å². The van der Waals surface area contributed by atoms with Gasteiger partial charge in [0.2, 0.25) is 0 Å². The molecule has 0 amide bonds. The Kier molecular flexibility index (Phi) is 5.05. The molecule has 0 unspecified atom stereocenters. The summed E-state index contributed by atoms with van der Waals surface area (Å²) >= 11 is 4.84. The van der Waals surface area contributed by atoms with Gasteiger partial charge in [-0.25, -0.2) is 9.98 Å². The number of aromatic nitrogens is 2. The van der Waals surface area contributed by atoms with Crippen molar-refractivity contribution in [2.45, 2.75) is 13.2 Å². The SMILES string of the molecule is COCn1cc(Br)sc1=Nc1cccc(CC(=O)O)n1. The minimum Gasteiger partial charge on any atom is -0.481 e. The number of aliphatic carboxylic acids is 1. The zero-order valence-corrected chi connectivity index (χ0v) is 13.0. The van der Waals surface area contributed by atoms with Crippen molar-refractivity contribution in [1.82, 2.24) is 9.55 Å². The van der Waals surface area contributed by atoms with Crippen molar-refractivity contribution < 1.29 is 14.6 Å². The molecule has 0 saturated heterocycles. The molecule has 0 aliphatic carbocycles. The molecule has 0 aliphatic heterocycles. The van der Waals surface area contributed by atoms with Gasteiger partial charge in [-0.1, -0.05) is 17.4 Å². The van der Waals surface area contributed by atoms with Gasteiger partial charge in [-0.15, -0.1) is 0 Å². The molecule has 0 aliphatic rings. The first-order valence-corrected chi connectivity index (χ1v) is 7.26. The summed E-state index contributed by atoms with van der Waals surface area (Å²) in [6, 6.07) is 5.14. The molecule has 2 aromatic heterocycles. The number of hydrogen-bond acceptors (Lipinski definition) is 5. The normalized spacial score (nSPS) is 11.8. The monoisotopic (exact) mass is 357 g/mol. The largest absolute Gasteiger partial charge is 0.481 e. The number of ether oxygens (including phenoxy) is 1. The summed E-state index contributed by atoms with van der Waals surface area (Å²) in [6.45, 7) is 0.385. The van der Waals surface area contributed by atoms with Crippen LogP contribution in [0.15, 0.2) is 33.2 Å². The highest BCUT2D eigenvalue weighted by molar-refractivity contribution is 9.11. The molecule has 20 heavy (non-hydrogen) atoms. The van der Waals surface area contributed by atoms with Crippen molar-refractivity contribution >= 4 is 39.1 Å². The maximum atomic E-state index is 10.7. The molecule has 6 nitrogen and oxygen atoms in total. The third-order valence-electron chi connectivity index (χ3n) is 2.29. The van der Waals surface area contributed by atoms with Crippen LogP contribution in [-0.2, 0) is 22.7 Å². The number of pyridine rings is 1. The molecule has 2 rings (SSSR count). The second-order valence-electron chi connectivity index (χ2n) is 3.87. The Balaban J connectivity index is 2.37. The first kappa shape index (κ1) is 14.9. The highest BCUT2D eigenvalue weighted by Crippen LogP contribution is 2.14. The number of carboxylic acid groups (broad SMARTS) is 1. The maximum absolute atomic E-state index is 10.7. The predicted molar refractivity (Wildman–Crippen MR) is 77.8 cm³/mol. The van der Waals surface area contributed by atoms with E-state index in [4.69, 9.17) is 9.84 Å². The molecular weight excluding hydrogens is 346 g/mol. The molecule has 2 aromatic rings. The fraction of sp³-hybridized carbons (Fsp3) is 0.250. The van der Waals surface area contributed by atoms with Crippen LogP contribution in [-0.4, -0.2) is 27.7 Å². The fourth-order valence-electron chi connectivity index (χ4n) is 1.55. The third kappa shape index (κ3) is 3.99. The Bertz CT molecular complexity index is 681. The summed E-state index contributed by atoms with van der Waals surface area (Å²) in [5.41, 5.74) is 0.479. The number of carboxylic acids is 1. The van der Waals surface area contributed by atoms with E-state index in [1.807, 2.05) is 10.8 Å². The van der Waals surface area contributed by atoms with Gasteiger partial charge in [0.1, 0.15) is 6.73 Å². The lowest BCUT2D eigenvalue weighted by atomic mass is 10.3. The van der Waals surface area contributed by atoms with Crippen molar-refractivity contribution in [2.75, 3.05) is 7.11 Å². The highest BCUT2D eigenvalue weighted by atomic mass is 79.9. The molecule has 0 atom stereocenters. The summed E-state index contributed by atoms with van der Waals surface area (Å²) in [6.07, 6.45) is 1.75. The van der Waals surface area contributed by atoms with Crippen molar-refractivity contribution in [3.63, 3.8) is 0 Å². The van der Waals surface area contributed by atoms with Gasteiger partial charge < -0.3 is 9.84 Å². The van der Waals surface area contributed by atoms with E-state index in [0.717, 1.165) is 8.59 Å². The average Bonchev–Trinajstić information content (AvgIpc) is 2.69. The lowest BCUT2D eigenvalue weighted by Gasteiger charge is -2.00. The van der Waals surface area contributed by atoms with E-state index in [1.165, 1.54) is 11.3 Å². The van der Waals surface area contributed by atoms with Crippen molar-refractivity contribution in [1.29, 1.82) is 0 Å². The van der Waals surface area contributed by atoms with Gasteiger partial charge in [0.25, 0.3) is 0 Å². The molecule has 0 fully saturated rings. The molecule has 2 heterocycles. The fourth-order valence-corrected chi connectivity index (χ4v) is 2.95. The minimum absolute atomic E-state index is 0.116. The Labute approximate surface area is 127 Å². The van der Waals surface area contributed by atoms with Crippen LogP contribution in [0.1, 0.15) is 5.69 Å². The summed E-state index contributed by atoms with van der Waals surface area (Å²) in [7, 11) is 1.61. The van der Waals surface area contributed by atoms with Crippen LogP contribution < -0.4 is 4.80 Å². The highest BCUT2D eigenvalue weighted by Gasteiger charge is 2.04. The first-order chi connectivity index (χ1) is 9.58. The number of methoxy groups -OCH3 is 1. The second kappa shape index (κ2) is 6.78. The molecule has 0 aromatic carbocycles. The van der Waals surface area contributed by atoms with Gasteiger partial charge >= 0.3 is 5.97 Å². The Hall–Kier alpha value is -1.51. The molecule has 1 N–H and O–H groups in total. The first-order valence-electron chi connectivity index (χ1n) is 5.65. The number of carbonyl (C=O) groups is 1. The van der Waals surface area contributed by atoms with Gasteiger partial charge in [0.15, 0.2) is 10.6 Å². The van der Waals surface area contributed by atoms with Crippen LogP contribution >= 0.6 is 27.3 Å². The average molecular weight is 358 g/mol. The minimum atomic E-state index is -0.914. The number of rotatable bonds is 5. The predicted octanol–water partition coefficient (Wildman–Crippen LogP) is 2.17. The summed E-state index contributed by atoms with van der Waals surface area (Å²) in [5.74, 6) is -0.439. The molecule has 0 bridgehead atoms. The summed E-state index contributed by atoms with van der Waals surface area (Å²) in [4.78, 5) is 20.0.